The fourth-order valence-corrected chi connectivity index (χ4v) is 4.42. The highest BCUT2D eigenvalue weighted by molar-refractivity contribution is 6.31. The van der Waals surface area contributed by atoms with E-state index in [0.717, 1.165) is 16.5 Å². The van der Waals surface area contributed by atoms with E-state index in [2.05, 4.69) is 19.9 Å². The number of nitrogens with zero attached hydrogens (tertiary/aromatic N) is 4. The van der Waals surface area contributed by atoms with E-state index in [-0.39, 0.29) is 13.2 Å². The number of anilines is 1. The summed E-state index contributed by atoms with van der Waals surface area (Å²) in [6, 6.07) is 4.64. The van der Waals surface area contributed by atoms with Crippen molar-refractivity contribution >= 4 is 28.5 Å². The summed E-state index contributed by atoms with van der Waals surface area (Å²) in [5.74, 6) is -4.46. The maximum atomic E-state index is 13.3. The van der Waals surface area contributed by atoms with Gasteiger partial charge < -0.3 is 15.0 Å². The zero-order chi connectivity index (χ0) is 24.7. The van der Waals surface area contributed by atoms with Crippen molar-refractivity contribution < 1.29 is 31.4 Å². The van der Waals surface area contributed by atoms with Crippen molar-refractivity contribution in [1.29, 1.82) is 0 Å². The fourth-order valence-electron chi connectivity index (χ4n) is 4.25. The minimum Gasteiger partial charge on any atom is -0.396 e. The van der Waals surface area contributed by atoms with E-state index in [9.17, 15) is 26.3 Å². The van der Waals surface area contributed by atoms with E-state index in [4.69, 9.17) is 16.7 Å². The molecule has 0 unspecified atom stereocenters. The third-order valence-corrected chi connectivity index (χ3v) is 5.97. The summed E-state index contributed by atoms with van der Waals surface area (Å²) >= 11 is 6.13. The van der Waals surface area contributed by atoms with Crippen molar-refractivity contribution in [2.75, 3.05) is 18.1 Å². The Labute approximate surface area is 195 Å². The number of alkyl halides is 6. The lowest BCUT2D eigenvalue weighted by molar-refractivity contribution is -0.155. The average molecular weight is 508 g/mol. The van der Waals surface area contributed by atoms with Crippen LogP contribution in [0.3, 0.4) is 0 Å². The number of rotatable bonds is 6. The molecule has 0 amide bonds. The lowest BCUT2D eigenvalue weighted by atomic mass is 9.94. The molecule has 0 fully saturated rings. The Morgan fingerprint density at radius 3 is 2.29 bits per heavy atom. The molecule has 6 nitrogen and oxygen atoms in total. The molecule has 1 aromatic carbocycles. The van der Waals surface area contributed by atoms with E-state index >= 15 is 0 Å². The van der Waals surface area contributed by atoms with E-state index in [1.165, 1.54) is 4.90 Å². The van der Waals surface area contributed by atoms with Crippen LogP contribution in [0.5, 0.6) is 0 Å². The molecule has 0 saturated heterocycles. The van der Waals surface area contributed by atoms with Crippen LogP contribution in [0.15, 0.2) is 18.2 Å². The number of benzene rings is 1. The SMILES string of the molecule is OCCCCC[C@H]1c2[nH]c3ccc(Cl)cc3c2CCN1c1nc(C(F)(F)F)nc(C(F)(F)F)n1. The monoisotopic (exact) mass is 507 g/mol. The Morgan fingerprint density at radius 2 is 1.68 bits per heavy atom. The second kappa shape index (κ2) is 9.21. The molecule has 2 aromatic heterocycles. The maximum Gasteiger partial charge on any atom is 0.451 e. The number of hydrogen-bond donors (Lipinski definition) is 2. The smallest absolute Gasteiger partial charge is 0.396 e. The molecule has 0 spiro atoms. The molecule has 3 heterocycles. The highest BCUT2D eigenvalue weighted by Gasteiger charge is 2.43. The Morgan fingerprint density at radius 1 is 1.00 bits per heavy atom. The zero-order valence-electron chi connectivity index (χ0n) is 17.6. The Hall–Kier alpha value is -2.60. The molecule has 184 valence electrons. The van der Waals surface area contributed by atoms with Gasteiger partial charge in [-0.15, -0.1) is 0 Å². The molecule has 1 aliphatic heterocycles. The normalized spacial score (nSPS) is 16.8. The minimum absolute atomic E-state index is 0.0120. The van der Waals surface area contributed by atoms with Gasteiger partial charge in [0.15, 0.2) is 0 Å². The second-order valence-corrected chi connectivity index (χ2v) is 8.45. The van der Waals surface area contributed by atoms with Crippen molar-refractivity contribution in [2.45, 2.75) is 50.5 Å². The minimum atomic E-state index is -5.17. The van der Waals surface area contributed by atoms with Gasteiger partial charge in [0, 0.05) is 34.8 Å². The standard InChI is InChI=1S/C21H20ClF6N5O/c22-11-5-6-14-13(10-11)12-7-8-33(15(16(12)29-14)4-2-1-3-9-34)19-31-17(20(23,24)25)30-18(32-19)21(26,27)28/h5-6,10,15,29,34H,1-4,7-9H2/t15-/m0/s1. The van der Waals surface area contributed by atoms with Crippen LogP contribution in [0.4, 0.5) is 32.3 Å². The van der Waals surface area contributed by atoms with Gasteiger partial charge in [0.2, 0.25) is 17.6 Å². The van der Waals surface area contributed by atoms with Gasteiger partial charge in [0.25, 0.3) is 0 Å². The number of unbranched alkanes of at least 4 members (excludes halogenated alkanes) is 2. The third kappa shape index (κ3) is 4.92. The quantitative estimate of drug-likeness (QED) is 0.330. The van der Waals surface area contributed by atoms with Gasteiger partial charge in [-0.05, 0) is 43.0 Å². The predicted octanol–water partition coefficient (Wildman–Crippen LogP) is 5.70. The molecule has 13 heteroatoms. The predicted molar refractivity (Wildman–Crippen MR) is 112 cm³/mol. The third-order valence-electron chi connectivity index (χ3n) is 5.74. The number of aromatic nitrogens is 4. The first-order valence-corrected chi connectivity index (χ1v) is 10.9. The van der Waals surface area contributed by atoms with E-state index in [1.54, 1.807) is 18.2 Å². The molecule has 1 atom stereocenters. The number of nitrogens with one attached hydrogen (secondary N) is 1. The first-order valence-electron chi connectivity index (χ1n) is 10.6. The molecule has 0 saturated carbocycles. The molecule has 0 aliphatic carbocycles. The van der Waals surface area contributed by atoms with Crippen LogP contribution in [0, 0.1) is 0 Å². The number of fused-ring (bicyclic) bond motifs is 3. The molecular formula is C21H20ClF6N5O. The van der Waals surface area contributed by atoms with E-state index in [1.807, 2.05) is 0 Å². The van der Waals surface area contributed by atoms with Gasteiger partial charge in [0.1, 0.15) is 0 Å². The number of aliphatic hydroxyl groups is 1. The summed E-state index contributed by atoms with van der Waals surface area (Å²) in [6.07, 6.45) is -7.84. The van der Waals surface area contributed by atoms with Crippen LogP contribution >= 0.6 is 11.6 Å². The lowest BCUT2D eigenvalue weighted by Crippen LogP contribution is -2.38. The molecule has 2 N–H and O–H groups in total. The zero-order valence-corrected chi connectivity index (χ0v) is 18.4. The summed E-state index contributed by atoms with van der Waals surface area (Å²) in [4.78, 5) is 14.0. The molecule has 0 bridgehead atoms. The summed E-state index contributed by atoms with van der Waals surface area (Å²) < 4.78 is 79.9. The summed E-state index contributed by atoms with van der Waals surface area (Å²) in [7, 11) is 0. The van der Waals surface area contributed by atoms with Crippen LogP contribution in [-0.4, -0.2) is 38.2 Å². The van der Waals surface area contributed by atoms with Gasteiger partial charge in [-0.25, -0.2) is 4.98 Å². The molecule has 4 rings (SSSR count). The average Bonchev–Trinajstić information content (AvgIpc) is 3.13. The highest BCUT2D eigenvalue weighted by atomic mass is 35.5. The van der Waals surface area contributed by atoms with Crippen LogP contribution in [-0.2, 0) is 18.8 Å². The first kappa shape index (κ1) is 24.5. The van der Waals surface area contributed by atoms with Crippen LogP contribution in [0.25, 0.3) is 10.9 Å². The molecule has 0 radical (unpaired) electrons. The van der Waals surface area contributed by atoms with E-state index in [0.29, 0.717) is 42.8 Å². The van der Waals surface area contributed by atoms with Crippen LogP contribution in [0.1, 0.15) is 54.6 Å². The maximum absolute atomic E-state index is 13.3. The Kier molecular flexibility index (Phi) is 6.65. The molecule has 1 aliphatic rings. The molecule has 34 heavy (non-hydrogen) atoms. The summed E-state index contributed by atoms with van der Waals surface area (Å²) in [6.45, 7) is 0.0949. The second-order valence-electron chi connectivity index (χ2n) is 8.02. The van der Waals surface area contributed by atoms with Gasteiger partial charge in [0.05, 0.1) is 6.04 Å². The largest absolute Gasteiger partial charge is 0.451 e. The molecular weight excluding hydrogens is 488 g/mol. The van der Waals surface area contributed by atoms with Crippen molar-refractivity contribution in [1.82, 2.24) is 19.9 Å². The number of aromatic amines is 1. The summed E-state index contributed by atoms with van der Waals surface area (Å²) in [5.41, 5.74) is 2.34. The lowest BCUT2D eigenvalue weighted by Gasteiger charge is -2.36. The van der Waals surface area contributed by atoms with Crippen molar-refractivity contribution in [3.8, 4) is 0 Å². The van der Waals surface area contributed by atoms with Crippen molar-refractivity contribution in [3.63, 3.8) is 0 Å². The van der Waals surface area contributed by atoms with Gasteiger partial charge in [-0.2, -0.15) is 36.3 Å². The number of hydrogen-bond acceptors (Lipinski definition) is 5. The number of aliphatic hydroxyl groups excluding tert-OH is 1. The highest BCUT2D eigenvalue weighted by Crippen LogP contribution is 2.41. The van der Waals surface area contributed by atoms with Crippen LogP contribution in [0.2, 0.25) is 5.02 Å². The number of halogens is 7. The number of H-pyrrole nitrogens is 1. The summed E-state index contributed by atoms with van der Waals surface area (Å²) in [5, 5.41) is 10.4. The van der Waals surface area contributed by atoms with Crippen LogP contribution < -0.4 is 4.90 Å². The molecule has 3 aromatic rings. The van der Waals surface area contributed by atoms with Crippen molar-refractivity contribution in [2.24, 2.45) is 0 Å². The Balaban J connectivity index is 1.81. The fraction of sp³-hybridized carbons (Fsp3) is 0.476. The Bertz CT molecular complexity index is 1150. The van der Waals surface area contributed by atoms with Crippen molar-refractivity contribution in [3.05, 3.63) is 46.1 Å². The van der Waals surface area contributed by atoms with Gasteiger partial charge in [-0.3, -0.25) is 0 Å². The first-order chi connectivity index (χ1) is 16.0. The topological polar surface area (TPSA) is 77.9 Å². The van der Waals surface area contributed by atoms with Gasteiger partial charge in [-0.1, -0.05) is 24.4 Å². The van der Waals surface area contributed by atoms with E-state index < -0.39 is 36.0 Å². The van der Waals surface area contributed by atoms with Gasteiger partial charge >= 0.3 is 12.4 Å².